The molecule has 1 aliphatic carbocycles. The number of aliphatic imine (C=N–C) groups is 3. The van der Waals surface area contributed by atoms with Gasteiger partial charge in [0.05, 0.1) is 18.8 Å². The molecule has 0 aromatic heterocycles. The summed E-state index contributed by atoms with van der Waals surface area (Å²) in [7, 11) is 0. The SMILES string of the molecule is N=C1N=C([O-])C2=NC[NH+](c3ccccc3[C@H]3CCOC[C@H]4O[C@H](Oc5c3cc3c(c5OCCO)C(=O)c5ccccc5C3=O)[C@@H](O)[C@H](O)[C@H]4O)C2=N1. The maximum Gasteiger partial charge on any atom is 0.262 e. The number of carbonyl (C=O) groups excluding carboxylic acids is 2. The summed E-state index contributed by atoms with van der Waals surface area (Å²) in [6, 6.07) is 15.2. The molecule has 0 spiro atoms. The van der Waals surface area contributed by atoms with E-state index in [-0.39, 0.29) is 78.2 Å². The van der Waals surface area contributed by atoms with Crippen molar-refractivity contribution in [2.75, 3.05) is 33.1 Å². The van der Waals surface area contributed by atoms with E-state index in [0.717, 1.165) is 0 Å². The normalized spacial score (nSPS) is 28.2. The van der Waals surface area contributed by atoms with Crippen LogP contribution in [-0.4, -0.2) is 119 Å². The van der Waals surface area contributed by atoms with E-state index >= 15 is 0 Å². The van der Waals surface area contributed by atoms with Crippen LogP contribution in [0, 0.1) is 5.41 Å². The highest BCUT2D eigenvalue weighted by molar-refractivity contribution is 6.66. The fourth-order valence-corrected chi connectivity index (χ4v) is 7.34. The topological polar surface area (TPSA) is 240 Å². The summed E-state index contributed by atoms with van der Waals surface area (Å²) < 4.78 is 24.4. The van der Waals surface area contributed by atoms with Gasteiger partial charge in [-0.3, -0.25) is 15.0 Å². The summed E-state index contributed by atoms with van der Waals surface area (Å²) in [4.78, 5) is 41.2. The standard InChI is InChI=1S/C36H33N5O11/c37-36-39-33-25(34(48)40-36)38-15-41(33)22-8-4-3-5-17(22)16-9-11-49-14-23-28(45)29(46)30(47)35(51-23)52-31-20(16)13-21-24(32(31)50-12-10-42)27(44)19-7-2-1-6-18(19)26(21)43/h1-8,13,16,23,28-30,35,42,45-47H,9-12,14-15H2,(H2,37,40,48)/t16-,23-,28+,29-,30+,35-/m1/s1. The molecule has 3 aromatic rings. The zero-order chi connectivity index (χ0) is 36.3. The van der Waals surface area contributed by atoms with Gasteiger partial charge in [-0.15, -0.1) is 0 Å². The third-order valence-electron chi connectivity index (χ3n) is 9.80. The maximum atomic E-state index is 14.2. The second-order valence-corrected chi connectivity index (χ2v) is 12.8. The molecule has 6 N–H and O–H groups in total. The van der Waals surface area contributed by atoms with Gasteiger partial charge >= 0.3 is 0 Å². The predicted octanol–water partition coefficient (Wildman–Crippen LogP) is -1.39. The molecule has 7 atom stereocenters. The van der Waals surface area contributed by atoms with Crippen molar-refractivity contribution in [1.29, 1.82) is 5.41 Å². The van der Waals surface area contributed by atoms with E-state index in [4.69, 9.17) is 24.4 Å². The van der Waals surface area contributed by atoms with Crippen LogP contribution in [0.25, 0.3) is 0 Å². The van der Waals surface area contributed by atoms with E-state index in [2.05, 4.69) is 15.0 Å². The van der Waals surface area contributed by atoms with Gasteiger partial charge in [0.1, 0.15) is 36.7 Å². The van der Waals surface area contributed by atoms with Crippen molar-refractivity contribution in [1.82, 2.24) is 0 Å². The summed E-state index contributed by atoms with van der Waals surface area (Å²) >= 11 is 0. The molecule has 1 unspecified atom stereocenters. The molecule has 16 heteroatoms. The molecule has 2 bridgehead atoms. The van der Waals surface area contributed by atoms with Gasteiger partial charge in [-0.25, -0.2) is 14.9 Å². The fraction of sp³-hybridized carbons (Fsp3) is 0.333. The van der Waals surface area contributed by atoms with Crippen molar-refractivity contribution in [3.8, 4) is 11.5 Å². The first-order valence-corrected chi connectivity index (χ1v) is 16.7. The van der Waals surface area contributed by atoms with Crippen molar-refractivity contribution in [3.05, 3.63) is 88.0 Å². The number of hydrogen-bond acceptors (Lipinski definition) is 13. The van der Waals surface area contributed by atoms with Gasteiger partial charge in [0.25, 0.3) is 5.84 Å². The van der Waals surface area contributed by atoms with Crippen LogP contribution in [0.4, 0.5) is 5.69 Å². The number of para-hydroxylation sites is 1. The van der Waals surface area contributed by atoms with Crippen LogP contribution >= 0.6 is 0 Å². The molecule has 0 amide bonds. The minimum atomic E-state index is -1.77. The first kappa shape index (κ1) is 33.9. The van der Waals surface area contributed by atoms with E-state index in [9.17, 15) is 35.1 Å². The van der Waals surface area contributed by atoms with Crippen molar-refractivity contribution < 1.29 is 59.0 Å². The number of rotatable bonds is 5. The molecule has 3 aromatic carbocycles. The highest BCUT2D eigenvalue weighted by atomic mass is 16.7. The average Bonchev–Trinajstić information content (AvgIpc) is 3.56. The van der Waals surface area contributed by atoms with Gasteiger partial charge in [-0.05, 0) is 18.6 Å². The van der Waals surface area contributed by atoms with Crippen molar-refractivity contribution in [3.63, 3.8) is 0 Å². The highest BCUT2D eigenvalue weighted by Crippen LogP contribution is 2.48. The summed E-state index contributed by atoms with van der Waals surface area (Å²) in [5.74, 6) is -2.86. The van der Waals surface area contributed by atoms with Crippen LogP contribution < -0.4 is 19.5 Å². The zero-order valence-electron chi connectivity index (χ0n) is 27.4. The molecule has 52 heavy (non-hydrogen) atoms. The Kier molecular flexibility index (Phi) is 8.75. The summed E-state index contributed by atoms with van der Waals surface area (Å²) in [5, 5.41) is 63.2. The Bertz CT molecular complexity index is 2100. The van der Waals surface area contributed by atoms with E-state index in [1.54, 1.807) is 36.4 Å². The van der Waals surface area contributed by atoms with Crippen LogP contribution in [0.15, 0.2) is 69.6 Å². The number of nitrogens with zero attached hydrogens (tertiary/aromatic N) is 3. The van der Waals surface area contributed by atoms with E-state index in [1.165, 1.54) is 6.07 Å². The molecule has 0 saturated carbocycles. The number of aliphatic hydroxyl groups is 4. The molecular formula is C36H33N5O11. The monoisotopic (exact) mass is 711 g/mol. The number of benzene rings is 3. The Balaban J connectivity index is 1.36. The van der Waals surface area contributed by atoms with Crippen molar-refractivity contribution >= 4 is 40.7 Å². The first-order chi connectivity index (χ1) is 25.2. The Morgan fingerprint density at radius 1 is 0.942 bits per heavy atom. The van der Waals surface area contributed by atoms with Gasteiger partial charge in [0.15, 0.2) is 35.4 Å². The molecule has 16 nitrogen and oxygen atoms in total. The van der Waals surface area contributed by atoms with Crippen LogP contribution in [0.3, 0.4) is 0 Å². The second kappa shape index (κ2) is 13.4. The van der Waals surface area contributed by atoms with Gasteiger partial charge in [0.2, 0.25) is 12.2 Å². The Morgan fingerprint density at radius 2 is 1.69 bits per heavy atom. The van der Waals surface area contributed by atoms with Gasteiger partial charge in [-0.1, -0.05) is 42.5 Å². The molecule has 0 radical (unpaired) electrons. The number of amidine groups is 1. The highest BCUT2D eigenvalue weighted by Gasteiger charge is 2.47. The van der Waals surface area contributed by atoms with Gasteiger partial charge in [0, 0.05) is 46.2 Å². The van der Waals surface area contributed by atoms with E-state index in [1.807, 2.05) is 12.1 Å². The molecule has 4 aliphatic heterocycles. The minimum absolute atomic E-state index is 0.0205. The Hall–Kier alpha value is -5.20. The molecule has 4 heterocycles. The third kappa shape index (κ3) is 5.52. The number of quaternary nitrogens is 1. The number of fused-ring (bicyclic) bond motifs is 6. The first-order valence-electron chi connectivity index (χ1n) is 16.7. The van der Waals surface area contributed by atoms with E-state index in [0.29, 0.717) is 21.7 Å². The van der Waals surface area contributed by atoms with Crippen LogP contribution in [-0.2, 0) is 9.47 Å². The largest absolute Gasteiger partial charge is 0.857 e. The van der Waals surface area contributed by atoms with Crippen LogP contribution in [0.2, 0.25) is 0 Å². The van der Waals surface area contributed by atoms with Crippen molar-refractivity contribution in [2.24, 2.45) is 15.0 Å². The number of hydrogen-bond donors (Lipinski definition) is 6. The van der Waals surface area contributed by atoms with E-state index < -0.39 is 66.7 Å². The molecule has 5 aliphatic rings. The van der Waals surface area contributed by atoms with Gasteiger partial charge < -0.3 is 44.5 Å². The fourth-order valence-electron chi connectivity index (χ4n) is 7.34. The third-order valence-corrected chi connectivity index (χ3v) is 9.80. The maximum absolute atomic E-state index is 14.2. The number of ether oxygens (including phenoxy) is 4. The quantitative estimate of drug-likeness (QED) is 0.141. The molecular weight excluding hydrogens is 678 g/mol. The Morgan fingerprint density at radius 3 is 2.48 bits per heavy atom. The number of carbonyl (C=O) groups is 2. The number of guanidine groups is 1. The molecule has 268 valence electrons. The van der Waals surface area contributed by atoms with Crippen LogP contribution in [0.5, 0.6) is 11.5 Å². The molecule has 1 saturated heterocycles. The smallest absolute Gasteiger partial charge is 0.262 e. The minimum Gasteiger partial charge on any atom is -0.857 e. The number of aliphatic hydroxyl groups excluding tert-OH is 4. The lowest BCUT2D eigenvalue weighted by Gasteiger charge is -2.40. The predicted molar refractivity (Wildman–Crippen MR) is 179 cm³/mol. The number of nitrogens with one attached hydrogen (secondary N) is 2. The summed E-state index contributed by atoms with van der Waals surface area (Å²) in [6.07, 6.45) is -7.47. The molecule has 1 fully saturated rings. The van der Waals surface area contributed by atoms with Crippen LogP contribution in [0.1, 0.15) is 55.3 Å². The molecule has 8 rings (SSSR count). The van der Waals surface area contributed by atoms with Crippen molar-refractivity contribution in [2.45, 2.75) is 43.0 Å². The number of ketones is 2. The second-order valence-electron chi connectivity index (χ2n) is 12.8. The zero-order valence-corrected chi connectivity index (χ0v) is 27.4. The Labute approximate surface area is 295 Å². The average molecular weight is 712 g/mol. The van der Waals surface area contributed by atoms with Gasteiger partial charge in [-0.2, -0.15) is 4.99 Å². The summed E-state index contributed by atoms with van der Waals surface area (Å²) in [6.45, 7) is -0.805. The lowest BCUT2D eigenvalue weighted by Crippen LogP contribution is -3.09. The summed E-state index contributed by atoms with van der Waals surface area (Å²) in [5.41, 5.74) is 1.88. The lowest BCUT2D eigenvalue weighted by molar-refractivity contribution is -0.723. The lowest BCUT2D eigenvalue weighted by atomic mass is 9.79.